The predicted octanol–water partition coefficient (Wildman–Crippen LogP) is -1.50. The van der Waals surface area contributed by atoms with Crippen molar-refractivity contribution in [2.75, 3.05) is 13.2 Å². The average Bonchev–Trinajstić information content (AvgIpc) is 2.59. The molecule has 0 amide bonds. The minimum atomic E-state index is -1.50. The molecule has 2 heterocycles. The maximum atomic E-state index is 10.5. The van der Waals surface area contributed by atoms with Crippen molar-refractivity contribution < 1.29 is 49.2 Å². The molecule has 2 aliphatic heterocycles. The zero-order chi connectivity index (χ0) is 21.2. The number of aliphatic hydroxyl groups excluding tert-OH is 5. The third-order valence-corrected chi connectivity index (χ3v) is 4.46. The van der Waals surface area contributed by atoms with Gasteiger partial charge in [0.15, 0.2) is 12.6 Å². The zero-order valence-corrected chi connectivity index (χ0v) is 17.0. The summed E-state index contributed by atoms with van der Waals surface area (Å²) in [6.45, 7) is 8.26. The van der Waals surface area contributed by atoms with Crippen LogP contribution in [0.3, 0.4) is 0 Å². The number of ether oxygens (including phenoxy) is 5. The van der Waals surface area contributed by atoms with Gasteiger partial charge in [0.1, 0.15) is 42.7 Å². The SMILES string of the molecule is CC(C)OC1OCC(OC2OC(CO)C(OC(C)(C)C)C(O)C2O)C(O)C1O. The Morgan fingerprint density at radius 3 is 2.11 bits per heavy atom. The number of hydrogen-bond acceptors (Lipinski definition) is 10. The molecule has 10 nitrogen and oxygen atoms in total. The van der Waals surface area contributed by atoms with E-state index in [1.807, 2.05) is 0 Å². The second-order valence-corrected chi connectivity index (χ2v) is 8.44. The van der Waals surface area contributed by atoms with Crippen molar-refractivity contribution in [1.82, 2.24) is 0 Å². The summed E-state index contributed by atoms with van der Waals surface area (Å²) in [5.41, 5.74) is -0.640. The van der Waals surface area contributed by atoms with E-state index < -0.39 is 67.5 Å². The summed E-state index contributed by atoms with van der Waals surface area (Å²) in [6, 6.07) is 0. The molecule has 2 aliphatic rings. The highest BCUT2D eigenvalue weighted by molar-refractivity contribution is 4.93. The molecule has 10 heteroatoms. The fourth-order valence-corrected chi connectivity index (χ4v) is 3.17. The first-order valence-corrected chi connectivity index (χ1v) is 9.53. The standard InChI is InChI=1S/C18H34O10/c1-8(2)25-16-13(22)11(20)10(7-24-16)27-17-14(23)12(21)15(9(6-19)26-17)28-18(3,4)5/h8-17,19-23H,6-7H2,1-5H3. The molecule has 2 fully saturated rings. The van der Waals surface area contributed by atoms with E-state index in [1.165, 1.54) is 0 Å². The highest BCUT2D eigenvalue weighted by Crippen LogP contribution is 2.30. The fourth-order valence-electron chi connectivity index (χ4n) is 3.17. The van der Waals surface area contributed by atoms with E-state index in [0.717, 1.165) is 0 Å². The van der Waals surface area contributed by atoms with Crippen LogP contribution in [0.5, 0.6) is 0 Å². The molecule has 2 rings (SSSR count). The lowest BCUT2D eigenvalue weighted by Gasteiger charge is -2.46. The normalized spacial score (nSPS) is 42.8. The van der Waals surface area contributed by atoms with E-state index in [1.54, 1.807) is 34.6 Å². The topological polar surface area (TPSA) is 147 Å². The van der Waals surface area contributed by atoms with Crippen molar-refractivity contribution in [3.8, 4) is 0 Å². The molecule has 0 aromatic heterocycles. The van der Waals surface area contributed by atoms with Crippen LogP contribution in [-0.4, -0.2) is 106 Å². The monoisotopic (exact) mass is 410 g/mol. The lowest BCUT2D eigenvalue weighted by atomic mass is 9.97. The van der Waals surface area contributed by atoms with Crippen molar-refractivity contribution in [2.45, 2.75) is 102 Å². The summed E-state index contributed by atoms with van der Waals surface area (Å²) < 4.78 is 27.6. The van der Waals surface area contributed by atoms with Crippen LogP contribution in [0.15, 0.2) is 0 Å². The van der Waals surface area contributed by atoms with Crippen molar-refractivity contribution in [3.63, 3.8) is 0 Å². The maximum Gasteiger partial charge on any atom is 0.187 e. The molecule has 0 aromatic rings. The third-order valence-electron chi connectivity index (χ3n) is 4.46. The Labute approximate surface area is 164 Å². The van der Waals surface area contributed by atoms with E-state index in [-0.39, 0.29) is 12.7 Å². The van der Waals surface area contributed by atoms with Gasteiger partial charge in [-0.1, -0.05) is 0 Å². The third kappa shape index (κ3) is 5.82. The van der Waals surface area contributed by atoms with E-state index >= 15 is 0 Å². The Kier molecular flexibility index (Phi) is 8.19. The van der Waals surface area contributed by atoms with Crippen LogP contribution in [0.1, 0.15) is 34.6 Å². The second kappa shape index (κ2) is 9.61. The summed E-state index contributed by atoms with van der Waals surface area (Å²) in [4.78, 5) is 0. The van der Waals surface area contributed by atoms with E-state index in [0.29, 0.717) is 0 Å². The Morgan fingerprint density at radius 2 is 1.57 bits per heavy atom. The van der Waals surface area contributed by atoms with Crippen molar-refractivity contribution >= 4 is 0 Å². The smallest absolute Gasteiger partial charge is 0.187 e. The van der Waals surface area contributed by atoms with Gasteiger partial charge in [-0.25, -0.2) is 0 Å². The molecule has 2 saturated heterocycles. The van der Waals surface area contributed by atoms with Crippen LogP contribution in [-0.2, 0) is 23.7 Å². The molecule has 28 heavy (non-hydrogen) atoms. The molecule has 0 bridgehead atoms. The highest BCUT2D eigenvalue weighted by Gasteiger charge is 2.49. The minimum absolute atomic E-state index is 0.121. The van der Waals surface area contributed by atoms with E-state index in [4.69, 9.17) is 23.7 Å². The molecule has 9 unspecified atom stereocenters. The van der Waals surface area contributed by atoms with Crippen LogP contribution < -0.4 is 0 Å². The van der Waals surface area contributed by atoms with Gasteiger partial charge in [0.2, 0.25) is 0 Å². The molecule has 166 valence electrons. The lowest BCUT2D eigenvalue weighted by Crippen LogP contribution is -2.63. The first kappa shape index (κ1) is 23.9. The molecular formula is C18H34O10. The molecule has 9 atom stereocenters. The molecule has 0 spiro atoms. The van der Waals surface area contributed by atoms with Crippen LogP contribution in [0.2, 0.25) is 0 Å². The van der Waals surface area contributed by atoms with Gasteiger partial charge < -0.3 is 49.2 Å². The van der Waals surface area contributed by atoms with Crippen molar-refractivity contribution in [2.24, 2.45) is 0 Å². The van der Waals surface area contributed by atoms with Crippen LogP contribution in [0.4, 0.5) is 0 Å². The Bertz CT molecular complexity index is 479. The first-order valence-electron chi connectivity index (χ1n) is 9.53. The largest absolute Gasteiger partial charge is 0.394 e. The van der Waals surface area contributed by atoms with Crippen LogP contribution in [0, 0.1) is 0 Å². The molecular weight excluding hydrogens is 376 g/mol. The minimum Gasteiger partial charge on any atom is -0.394 e. The fraction of sp³-hybridized carbons (Fsp3) is 1.00. The zero-order valence-electron chi connectivity index (χ0n) is 17.0. The van der Waals surface area contributed by atoms with Gasteiger partial charge in [0, 0.05) is 0 Å². The predicted molar refractivity (Wildman–Crippen MR) is 95.2 cm³/mol. The summed E-state index contributed by atoms with van der Waals surface area (Å²) in [5, 5.41) is 51.0. The summed E-state index contributed by atoms with van der Waals surface area (Å²) in [7, 11) is 0. The van der Waals surface area contributed by atoms with Gasteiger partial charge in [-0.15, -0.1) is 0 Å². The Morgan fingerprint density at radius 1 is 0.964 bits per heavy atom. The molecule has 0 aliphatic carbocycles. The van der Waals surface area contributed by atoms with E-state index in [2.05, 4.69) is 0 Å². The summed E-state index contributed by atoms with van der Waals surface area (Å²) in [6.07, 6.45) is -11.1. The van der Waals surface area contributed by atoms with Gasteiger partial charge in [0.25, 0.3) is 0 Å². The first-order chi connectivity index (χ1) is 12.9. The lowest BCUT2D eigenvalue weighted by molar-refractivity contribution is -0.352. The molecule has 5 N–H and O–H groups in total. The quantitative estimate of drug-likeness (QED) is 0.350. The van der Waals surface area contributed by atoms with E-state index in [9.17, 15) is 25.5 Å². The van der Waals surface area contributed by atoms with Crippen LogP contribution >= 0.6 is 0 Å². The average molecular weight is 410 g/mol. The maximum absolute atomic E-state index is 10.5. The summed E-state index contributed by atoms with van der Waals surface area (Å²) >= 11 is 0. The van der Waals surface area contributed by atoms with Gasteiger partial charge in [-0.2, -0.15) is 0 Å². The molecule has 0 radical (unpaired) electrons. The van der Waals surface area contributed by atoms with Gasteiger partial charge in [0.05, 0.1) is 24.9 Å². The van der Waals surface area contributed by atoms with Crippen molar-refractivity contribution in [1.29, 1.82) is 0 Å². The van der Waals surface area contributed by atoms with Gasteiger partial charge in [-0.05, 0) is 34.6 Å². The van der Waals surface area contributed by atoms with Gasteiger partial charge >= 0.3 is 0 Å². The highest BCUT2D eigenvalue weighted by atomic mass is 16.7. The number of aliphatic hydroxyl groups is 5. The molecule has 0 saturated carbocycles. The number of hydrogen-bond donors (Lipinski definition) is 5. The second-order valence-electron chi connectivity index (χ2n) is 8.44. The molecule has 0 aromatic carbocycles. The van der Waals surface area contributed by atoms with Crippen LogP contribution in [0.25, 0.3) is 0 Å². The van der Waals surface area contributed by atoms with Gasteiger partial charge in [-0.3, -0.25) is 0 Å². The Hall–Kier alpha value is -0.400. The summed E-state index contributed by atoms with van der Waals surface area (Å²) in [5.74, 6) is 0. The number of rotatable bonds is 6. The van der Waals surface area contributed by atoms with Crippen molar-refractivity contribution in [3.05, 3.63) is 0 Å². The Balaban J connectivity index is 2.02.